The fourth-order valence-electron chi connectivity index (χ4n) is 3.86. The van der Waals surface area contributed by atoms with Crippen molar-refractivity contribution in [2.45, 2.75) is 25.3 Å². The maximum Gasteiger partial charge on any atom is 0.322 e. The van der Waals surface area contributed by atoms with Crippen molar-refractivity contribution in [1.82, 2.24) is 4.90 Å². The van der Waals surface area contributed by atoms with E-state index >= 15 is 0 Å². The molecule has 0 aromatic heterocycles. The van der Waals surface area contributed by atoms with Crippen LogP contribution in [0.4, 0.5) is 21.9 Å². The van der Waals surface area contributed by atoms with Gasteiger partial charge in [0.1, 0.15) is 0 Å². The second-order valence-electron chi connectivity index (χ2n) is 6.84. The Morgan fingerprint density at radius 3 is 2.44 bits per heavy atom. The van der Waals surface area contributed by atoms with Gasteiger partial charge in [0.2, 0.25) is 0 Å². The van der Waals surface area contributed by atoms with Gasteiger partial charge in [-0.15, -0.1) is 0 Å². The van der Waals surface area contributed by atoms with E-state index in [0.717, 1.165) is 50.3 Å². The third-order valence-electron chi connectivity index (χ3n) is 5.31. The summed E-state index contributed by atoms with van der Waals surface area (Å²) in [5.74, 6) is 0. The van der Waals surface area contributed by atoms with Crippen LogP contribution in [0.25, 0.3) is 0 Å². The molecule has 2 aliphatic heterocycles. The SMILES string of the molecule is Nc1ccc(N2CCC(N3CCc4ccccc4NC3=O)CC2)cc1. The first-order valence-electron chi connectivity index (χ1n) is 8.97. The molecule has 1 fully saturated rings. The van der Waals surface area contributed by atoms with Crippen LogP contribution in [0, 0.1) is 0 Å². The van der Waals surface area contributed by atoms with Crippen LogP contribution in [0.1, 0.15) is 18.4 Å². The van der Waals surface area contributed by atoms with Crippen LogP contribution in [0.15, 0.2) is 48.5 Å². The maximum absolute atomic E-state index is 12.7. The average molecular weight is 336 g/mol. The molecule has 0 radical (unpaired) electrons. The first-order valence-corrected chi connectivity index (χ1v) is 8.97. The number of hydrogen-bond donors (Lipinski definition) is 2. The molecule has 2 aromatic carbocycles. The number of nitrogens with one attached hydrogen (secondary N) is 1. The number of hydrogen-bond acceptors (Lipinski definition) is 3. The Morgan fingerprint density at radius 2 is 1.68 bits per heavy atom. The monoisotopic (exact) mass is 336 g/mol. The molecule has 5 nitrogen and oxygen atoms in total. The number of urea groups is 1. The van der Waals surface area contributed by atoms with Gasteiger partial charge in [0.05, 0.1) is 0 Å². The lowest BCUT2D eigenvalue weighted by atomic mass is 10.0. The number of para-hydroxylation sites is 1. The van der Waals surface area contributed by atoms with Gasteiger partial charge in [-0.05, 0) is 55.2 Å². The van der Waals surface area contributed by atoms with Crippen molar-refractivity contribution in [3.8, 4) is 0 Å². The zero-order chi connectivity index (χ0) is 17.2. The summed E-state index contributed by atoms with van der Waals surface area (Å²) in [5.41, 5.74) is 9.95. The molecule has 2 aromatic rings. The summed E-state index contributed by atoms with van der Waals surface area (Å²) >= 11 is 0. The number of nitrogens with two attached hydrogens (primary N) is 1. The summed E-state index contributed by atoms with van der Waals surface area (Å²) in [6, 6.07) is 16.5. The van der Waals surface area contributed by atoms with Gasteiger partial charge in [0, 0.05) is 42.7 Å². The van der Waals surface area contributed by atoms with E-state index in [4.69, 9.17) is 5.73 Å². The van der Waals surface area contributed by atoms with E-state index < -0.39 is 0 Å². The van der Waals surface area contributed by atoms with Crippen molar-refractivity contribution in [3.63, 3.8) is 0 Å². The van der Waals surface area contributed by atoms with Gasteiger partial charge >= 0.3 is 6.03 Å². The van der Waals surface area contributed by atoms with Gasteiger partial charge in [-0.3, -0.25) is 0 Å². The second-order valence-corrected chi connectivity index (χ2v) is 6.84. The lowest BCUT2D eigenvalue weighted by molar-refractivity contribution is 0.177. The Labute approximate surface area is 148 Å². The molecule has 0 spiro atoms. The number of rotatable bonds is 2. The van der Waals surface area contributed by atoms with Crippen LogP contribution >= 0.6 is 0 Å². The lowest BCUT2D eigenvalue weighted by Crippen LogP contribution is -2.48. The number of piperidine rings is 1. The minimum absolute atomic E-state index is 0.0379. The van der Waals surface area contributed by atoms with Gasteiger partial charge in [-0.2, -0.15) is 0 Å². The number of amides is 2. The molecule has 0 unspecified atom stereocenters. The molecule has 3 N–H and O–H groups in total. The van der Waals surface area contributed by atoms with Crippen LogP contribution < -0.4 is 16.0 Å². The van der Waals surface area contributed by atoms with Gasteiger partial charge in [-0.25, -0.2) is 4.79 Å². The van der Waals surface area contributed by atoms with Crippen LogP contribution in [0.2, 0.25) is 0 Å². The summed E-state index contributed by atoms with van der Waals surface area (Å²) < 4.78 is 0. The molecule has 4 rings (SSSR count). The highest BCUT2D eigenvalue weighted by Crippen LogP contribution is 2.26. The Morgan fingerprint density at radius 1 is 0.960 bits per heavy atom. The highest BCUT2D eigenvalue weighted by molar-refractivity contribution is 5.91. The van der Waals surface area contributed by atoms with Crippen LogP contribution in [-0.2, 0) is 6.42 Å². The normalized spacial score (nSPS) is 18.5. The number of anilines is 3. The summed E-state index contributed by atoms with van der Waals surface area (Å²) in [7, 11) is 0. The summed E-state index contributed by atoms with van der Waals surface area (Å²) in [5, 5.41) is 3.08. The molecular formula is C20H24N4O. The smallest absolute Gasteiger partial charge is 0.322 e. The van der Waals surface area contributed by atoms with Crippen molar-refractivity contribution in [2.75, 3.05) is 35.6 Å². The number of nitrogen functional groups attached to an aromatic ring is 1. The van der Waals surface area contributed by atoms with Crippen molar-refractivity contribution in [3.05, 3.63) is 54.1 Å². The molecule has 0 saturated carbocycles. The fourth-order valence-corrected chi connectivity index (χ4v) is 3.86. The van der Waals surface area contributed by atoms with Crippen LogP contribution in [0.5, 0.6) is 0 Å². The Balaban J connectivity index is 1.41. The van der Waals surface area contributed by atoms with Gasteiger partial charge in [-0.1, -0.05) is 18.2 Å². The Bertz CT molecular complexity index is 751. The van der Waals surface area contributed by atoms with Crippen LogP contribution in [0.3, 0.4) is 0 Å². The van der Waals surface area contributed by atoms with E-state index in [1.54, 1.807) is 0 Å². The van der Waals surface area contributed by atoms with Crippen molar-refractivity contribution in [1.29, 1.82) is 0 Å². The van der Waals surface area contributed by atoms with Crippen molar-refractivity contribution in [2.24, 2.45) is 0 Å². The summed E-state index contributed by atoms with van der Waals surface area (Å²) in [6.07, 6.45) is 2.90. The molecule has 2 aliphatic rings. The first-order chi connectivity index (χ1) is 12.2. The van der Waals surface area contributed by atoms with E-state index in [1.807, 2.05) is 35.2 Å². The minimum atomic E-state index is 0.0379. The zero-order valence-corrected chi connectivity index (χ0v) is 14.3. The van der Waals surface area contributed by atoms with Crippen molar-refractivity contribution >= 4 is 23.1 Å². The predicted octanol–water partition coefficient (Wildman–Crippen LogP) is 3.33. The van der Waals surface area contributed by atoms with Crippen LogP contribution in [-0.4, -0.2) is 36.6 Å². The molecule has 25 heavy (non-hydrogen) atoms. The molecule has 2 amide bonds. The number of benzene rings is 2. The zero-order valence-electron chi connectivity index (χ0n) is 14.3. The lowest BCUT2D eigenvalue weighted by Gasteiger charge is -2.39. The van der Waals surface area contributed by atoms with E-state index in [9.17, 15) is 4.79 Å². The molecule has 5 heteroatoms. The van der Waals surface area contributed by atoms with E-state index in [1.165, 1.54) is 11.3 Å². The van der Waals surface area contributed by atoms with Gasteiger partial charge in [0.25, 0.3) is 0 Å². The summed E-state index contributed by atoms with van der Waals surface area (Å²) in [6.45, 7) is 2.71. The maximum atomic E-state index is 12.7. The van der Waals surface area contributed by atoms with E-state index in [0.29, 0.717) is 6.04 Å². The molecule has 130 valence electrons. The Kier molecular flexibility index (Phi) is 4.22. The predicted molar refractivity (Wildman–Crippen MR) is 102 cm³/mol. The third kappa shape index (κ3) is 3.27. The quantitative estimate of drug-likeness (QED) is 0.827. The van der Waals surface area contributed by atoms with Gasteiger partial charge < -0.3 is 20.9 Å². The average Bonchev–Trinajstić information content (AvgIpc) is 2.81. The Hall–Kier alpha value is -2.69. The largest absolute Gasteiger partial charge is 0.399 e. The molecule has 0 atom stereocenters. The van der Waals surface area contributed by atoms with E-state index in [2.05, 4.69) is 28.4 Å². The topological polar surface area (TPSA) is 61.6 Å². The molecule has 2 heterocycles. The first kappa shape index (κ1) is 15.8. The number of nitrogens with zero attached hydrogens (tertiary/aromatic N) is 2. The molecule has 0 bridgehead atoms. The third-order valence-corrected chi connectivity index (χ3v) is 5.31. The second kappa shape index (κ2) is 6.67. The number of fused-ring (bicyclic) bond motifs is 1. The highest BCUT2D eigenvalue weighted by Gasteiger charge is 2.29. The minimum Gasteiger partial charge on any atom is -0.399 e. The molecule has 1 saturated heterocycles. The molecule has 0 aliphatic carbocycles. The van der Waals surface area contributed by atoms with E-state index in [-0.39, 0.29) is 6.03 Å². The van der Waals surface area contributed by atoms with Crippen molar-refractivity contribution < 1.29 is 4.79 Å². The number of carbonyl (C=O) groups is 1. The summed E-state index contributed by atoms with van der Waals surface area (Å²) in [4.78, 5) is 17.1. The number of carbonyl (C=O) groups excluding carboxylic acids is 1. The fraction of sp³-hybridized carbons (Fsp3) is 0.350. The van der Waals surface area contributed by atoms with Gasteiger partial charge in [0.15, 0.2) is 0 Å². The highest BCUT2D eigenvalue weighted by atomic mass is 16.2. The molecular weight excluding hydrogens is 312 g/mol. The standard InChI is InChI=1S/C20H24N4O/c21-16-5-7-17(8-6-16)23-12-10-18(11-13-23)24-14-9-15-3-1-2-4-19(15)22-20(24)25/h1-8,18H,9-14,21H2,(H,22,25).